The quantitative estimate of drug-likeness (QED) is 0.783. The fourth-order valence-electron chi connectivity index (χ4n) is 2.28. The maximum absolute atomic E-state index is 11.4. The summed E-state index contributed by atoms with van der Waals surface area (Å²) in [5.41, 5.74) is 0. The van der Waals surface area contributed by atoms with Crippen molar-refractivity contribution in [3.05, 3.63) is 18.1 Å². The van der Waals surface area contributed by atoms with Crippen molar-refractivity contribution in [3.63, 3.8) is 0 Å². The predicted molar refractivity (Wildman–Crippen MR) is 67.7 cm³/mol. The number of aromatic nitrogens is 2. The van der Waals surface area contributed by atoms with E-state index in [4.69, 9.17) is 0 Å². The lowest BCUT2D eigenvalue weighted by Gasteiger charge is -2.25. The number of nitrogens with one attached hydrogen (secondary N) is 1. The van der Waals surface area contributed by atoms with E-state index in [1.54, 1.807) is 6.20 Å². The molecule has 0 aromatic carbocycles. The number of anilines is 1. The van der Waals surface area contributed by atoms with Crippen LogP contribution in [0.25, 0.3) is 0 Å². The lowest BCUT2D eigenvalue weighted by atomic mass is 10.2. The maximum Gasteiger partial charge on any atom is 0.376 e. The van der Waals surface area contributed by atoms with Gasteiger partial charge in [0.25, 0.3) is 0 Å². The highest BCUT2D eigenvalue weighted by Gasteiger charge is 2.25. The average molecular weight is 250 g/mol. The second-order valence-corrected chi connectivity index (χ2v) is 4.28. The summed E-state index contributed by atoms with van der Waals surface area (Å²) in [5.74, 6) is 0.412. The summed E-state index contributed by atoms with van der Waals surface area (Å²) in [6.07, 6.45) is 3.88. The lowest BCUT2D eigenvalue weighted by molar-refractivity contribution is 0.0586. The number of hydrogen-bond donors (Lipinski definition) is 1. The fraction of sp³-hybridized carbons (Fsp3) is 0.583. The summed E-state index contributed by atoms with van der Waals surface area (Å²) in [6.45, 7) is 1.88. The molecule has 1 saturated heterocycles. The van der Waals surface area contributed by atoms with Gasteiger partial charge in [-0.25, -0.2) is 14.8 Å². The van der Waals surface area contributed by atoms with E-state index in [0.29, 0.717) is 6.04 Å². The predicted octanol–water partition coefficient (Wildman–Crippen LogP) is 0.451. The molecule has 0 spiro atoms. The van der Waals surface area contributed by atoms with Crippen molar-refractivity contribution in [2.45, 2.75) is 18.9 Å². The van der Waals surface area contributed by atoms with E-state index < -0.39 is 5.97 Å². The molecule has 1 fully saturated rings. The van der Waals surface area contributed by atoms with E-state index in [9.17, 15) is 4.79 Å². The number of likely N-dealkylation sites (N-methyl/N-ethyl adjacent to an activating group) is 1. The van der Waals surface area contributed by atoms with Gasteiger partial charge in [-0.2, -0.15) is 0 Å². The van der Waals surface area contributed by atoms with Gasteiger partial charge in [0.1, 0.15) is 5.82 Å². The van der Waals surface area contributed by atoms with Crippen LogP contribution in [-0.2, 0) is 4.74 Å². The van der Waals surface area contributed by atoms with Gasteiger partial charge in [0, 0.05) is 25.3 Å². The van der Waals surface area contributed by atoms with Gasteiger partial charge in [-0.15, -0.1) is 0 Å². The molecule has 0 aliphatic carbocycles. The molecule has 1 atom stereocenters. The van der Waals surface area contributed by atoms with Gasteiger partial charge in [0.2, 0.25) is 5.82 Å². The van der Waals surface area contributed by atoms with Crippen LogP contribution < -0.4 is 10.2 Å². The Morgan fingerprint density at radius 2 is 2.50 bits per heavy atom. The van der Waals surface area contributed by atoms with Crippen LogP contribution in [0.3, 0.4) is 0 Å². The third-order valence-corrected chi connectivity index (χ3v) is 3.12. The van der Waals surface area contributed by atoms with Gasteiger partial charge < -0.3 is 15.0 Å². The maximum atomic E-state index is 11.4. The van der Waals surface area contributed by atoms with Gasteiger partial charge >= 0.3 is 5.97 Å². The van der Waals surface area contributed by atoms with Crippen molar-refractivity contribution in [2.75, 3.05) is 32.1 Å². The fourth-order valence-corrected chi connectivity index (χ4v) is 2.28. The molecule has 1 aromatic heterocycles. The van der Waals surface area contributed by atoms with E-state index in [0.717, 1.165) is 31.7 Å². The molecule has 0 radical (unpaired) electrons. The minimum Gasteiger partial charge on any atom is -0.463 e. The van der Waals surface area contributed by atoms with Crippen LogP contribution in [0.5, 0.6) is 0 Å². The van der Waals surface area contributed by atoms with Crippen LogP contribution in [-0.4, -0.2) is 49.2 Å². The number of carbonyl (C=O) groups is 1. The molecule has 1 aliphatic rings. The monoisotopic (exact) mass is 250 g/mol. The normalized spacial score (nSPS) is 19.0. The number of rotatable bonds is 4. The Morgan fingerprint density at radius 1 is 1.67 bits per heavy atom. The minimum atomic E-state index is -0.499. The molecule has 1 unspecified atom stereocenters. The van der Waals surface area contributed by atoms with Crippen LogP contribution in [0.2, 0.25) is 0 Å². The summed E-state index contributed by atoms with van der Waals surface area (Å²) >= 11 is 0. The highest BCUT2D eigenvalue weighted by molar-refractivity contribution is 5.85. The molecule has 18 heavy (non-hydrogen) atoms. The van der Waals surface area contributed by atoms with Crippen LogP contribution in [0, 0.1) is 0 Å². The molecular formula is C12H18N4O2. The average Bonchev–Trinajstić information content (AvgIpc) is 2.87. The third kappa shape index (κ3) is 2.59. The molecule has 0 amide bonds. The van der Waals surface area contributed by atoms with E-state index in [1.807, 2.05) is 13.1 Å². The van der Waals surface area contributed by atoms with E-state index in [-0.39, 0.29) is 5.82 Å². The molecule has 2 heterocycles. The summed E-state index contributed by atoms with van der Waals surface area (Å²) in [7, 11) is 3.27. The number of ether oxygens (including phenoxy) is 1. The SMILES string of the molecule is CNCC1CCCN1c1ccnc(C(=O)OC)n1. The van der Waals surface area contributed by atoms with Crippen molar-refractivity contribution >= 4 is 11.8 Å². The molecule has 98 valence electrons. The van der Waals surface area contributed by atoms with Crippen LogP contribution in [0.15, 0.2) is 12.3 Å². The van der Waals surface area contributed by atoms with Crippen molar-refractivity contribution in [1.29, 1.82) is 0 Å². The highest BCUT2D eigenvalue weighted by atomic mass is 16.5. The first-order valence-electron chi connectivity index (χ1n) is 6.09. The van der Waals surface area contributed by atoms with Crippen molar-refractivity contribution in [2.24, 2.45) is 0 Å². The van der Waals surface area contributed by atoms with Gasteiger partial charge in [-0.05, 0) is 26.0 Å². The van der Waals surface area contributed by atoms with Crippen molar-refractivity contribution in [3.8, 4) is 0 Å². The van der Waals surface area contributed by atoms with Gasteiger partial charge in [0.05, 0.1) is 7.11 Å². The Balaban J connectivity index is 2.19. The van der Waals surface area contributed by atoms with Crippen LogP contribution in [0.1, 0.15) is 23.5 Å². The molecule has 1 aromatic rings. The van der Waals surface area contributed by atoms with Gasteiger partial charge in [-0.1, -0.05) is 0 Å². The summed E-state index contributed by atoms with van der Waals surface area (Å²) < 4.78 is 4.63. The summed E-state index contributed by atoms with van der Waals surface area (Å²) in [6, 6.07) is 2.26. The zero-order valence-corrected chi connectivity index (χ0v) is 10.7. The number of methoxy groups -OCH3 is 1. The Kier molecular flexibility index (Phi) is 4.09. The smallest absolute Gasteiger partial charge is 0.376 e. The Hall–Kier alpha value is -1.69. The first kappa shape index (κ1) is 12.8. The Labute approximate surface area is 106 Å². The number of nitrogens with zero attached hydrogens (tertiary/aromatic N) is 3. The lowest BCUT2D eigenvalue weighted by Crippen LogP contribution is -2.37. The zero-order chi connectivity index (χ0) is 13.0. The highest BCUT2D eigenvalue weighted by Crippen LogP contribution is 2.23. The second-order valence-electron chi connectivity index (χ2n) is 4.28. The van der Waals surface area contributed by atoms with E-state index >= 15 is 0 Å². The topological polar surface area (TPSA) is 67.4 Å². The van der Waals surface area contributed by atoms with E-state index in [1.165, 1.54) is 7.11 Å². The van der Waals surface area contributed by atoms with Crippen LogP contribution in [0.4, 0.5) is 5.82 Å². The minimum absolute atomic E-state index is 0.116. The molecule has 0 saturated carbocycles. The first-order valence-corrected chi connectivity index (χ1v) is 6.09. The number of carbonyl (C=O) groups excluding carboxylic acids is 1. The third-order valence-electron chi connectivity index (χ3n) is 3.12. The van der Waals surface area contributed by atoms with E-state index in [2.05, 4.69) is 24.9 Å². The molecule has 6 heteroatoms. The largest absolute Gasteiger partial charge is 0.463 e. The van der Waals surface area contributed by atoms with Crippen molar-refractivity contribution < 1.29 is 9.53 Å². The number of esters is 1. The zero-order valence-electron chi connectivity index (χ0n) is 10.7. The van der Waals surface area contributed by atoms with Gasteiger partial charge in [0.15, 0.2) is 0 Å². The van der Waals surface area contributed by atoms with Gasteiger partial charge in [-0.3, -0.25) is 0 Å². The Morgan fingerprint density at radius 3 is 3.22 bits per heavy atom. The molecule has 1 N–H and O–H groups in total. The molecular weight excluding hydrogens is 232 g/mol. The van der Waals surface area contributed by atoms with Crippen LogP contribution >= 0.6 is 0 Å². The molecule has 2 rings (SSSR count). The summed E-state index contributed by atoms with van der Waals surface area (Å²) in [4.78, 5) is 21.8. The number of hydrogen-bond acceptors (Lipinski definition) is 6. The summed E-state index contributed by atoms with van der Waals surface area (Å²) in [5, 5.41) is 3.18. The van der Waals surface area contributed by atoms with Crippen molar-refractivity contribution in [1.82, 2.24) is 15.3 Å². The molecule has 0 bridgehead atoms. The standard InChI is InChI=1S/C12H18N4O2/c1-13-8-9-4-3-7-16(9)10-5-6-14-11(15-10)12(17)18-2/h5-6,9,13H,3-4,7-8H2,1-2H3. The molecule has 1 aliphatic heterocycles. The first-order chi connectivity index (χ1) is 8.76. The second kappa shape index (κ2) is 5.77. The molecule has 6 nitrogen and oxygen atoms in total. The Bertz CT molecular complexity index is 424.